The largest absolute Gasteiger partial charge is 0.497 e. The van der Waals surface area contributed by atoms with Gasteiger partial charge in [-0.3, -0.25) is 0 Å². The highest BCUT2D eigenvalue weighted by molar-refractivity contribution is 6.60. The Morgan fingerprint density at radius 1 is 1.11 bits per heavy atom. The van der Waals surface area contributed by atoms with E-state index in [0.717, 1.165) is 0 Å². The van der Waals surface area contributed by atoms with Crippen LogP contribution in [-0.2, 0) is 9.31 Å². The van der Waals surface area contributed by atoms with Gasteiger partial charge < -0.3 is 20.0 Å². The Labute approximate surface area is 111 Å². The predicted octanol–water partition coefficient (Wildman–Crippen LogP) is 2.54. The molecule has 1 rings (SSSR count). The summed E-state index contributed by atoms with van der Waals surface area (Å²) in [7, 11) is -0.484. The lowest BCUT2D eigenvalue weighted by Gasteiger charge is -2.32. The second-order valence-corrected chi connectivity index (χ2v) is 6.77. The predicted molar refractivity (Wildman–Crippen MR) is 75.8 cm³/mol. The molecule has 0 amide bonds. The van der Waals surface area contributed by atoms with Crippen molar-refractivity contribution in [2.75, 3.05) is 0 Å². The van der Waals surface area contributed by atoms with E-state index in [4.69, 9.17) is 14.7 Å². The highest BCUT2D eigenvalue weighted by atomic mass is 16.7. The lowest BCUT2D eigenvalue weighted by molar-refractivity contribution is 0.00578. The fraction of sp³-hybridized carbons (Fsp3) is 0.769. The van der Waals surface area contributed by atoms with Crippen molar-refractivity contribution in [1.29, 1.82) is 5.41 Å². The molecule has 2 N–H and O–H groups in total. The van der Waals surface area contributed by atoms with Gasteiger partial charge in [-0.15, -0.1) is 0 Å². The molecule has 102 valence electrons. The van der Waals surface area contributed by atoms with E-state index in [1.54, 1.807) is 6.20 Å². The van der Waals surface area contributed by atoms with Gasteiger partial charge in [0.05, 0.1) is 11.2 Å². The van der Waals surface area contributed by atoms with Crippen molar-refractivity contribution in [3.63, 3.8) is 0 Å². The summed E-state index contributed by atoms with van der Waals surface area (Å²) in [4.78, 5) is 0. The molecule has 4 nitrogen and oxygen atoms in total. The minimum Gasteiger partial charge on any atom is -0.399 e. The van der Waals surface area contributed by atoms with Gasteiger partial charge >= 0.3 is 7.12 Å². The molecule has 0 radical (unpaired) electrons. The minimum atomic E-state index is -0.484. The van der Waals surface area contributed by atoms with Gasteiger partial charge in [-0.25, -0.2) is 0 Å². The Balaban J connectivity index is 2.84. The van der Waals surface area contributed by atoms with Crippen molar-refractivity contribution in [3.8, 4) is 0 Å². The molecule has 0 spiro atoms. The third kappa shape index (κ3) is 3.36. The standard InChI is InChI=1S/C13H25BN2O2/c1-11(2,3)16-9-10(8-15)14-17-12(4,5)13(6,7)18-14/h8-9,15-16H,1-7H3/b10-9+,15-8?. The molecule has 1 aliphatic rings. The van der Waals surface area contributed by atoms with Gasteiger partial charge in [0.25, 0.3) is 0 Å². The van der Waals surface area contributed by atoms with Crippen LogP contribution in [0.25, 0.3) is 0 Å². The number of rotatable bonds is 3. The zero-order valence-electron chi connectivity index (χ0n) is 12.5. The SMILES string of the molecule is CC(C)(C)N/C=C(\C=N)B1OC(C)(C)C(C)(C)O1. The Hall–Kier alpha value is -0.805. The summed E-state index contributed by atoms with van der Waals surface area (Å²) in [5.41, 5.74) is -0.0930. The summed E-state index contributed by atoms with van der Waals surface area (Å²) in [6, 6.07) is 0. The van der Waals surface area contributed by atoms with Crippen LogP contribution in [0.3, 0.4) is 0 Å². The molecule has 1 aliphatic heterocycles. The topological polar surface area (TPSA) is 54.3 Å². The fourth-order valence-corrected chi connectivity index (χ4v) is 1.46. The van der Waals surface area contributed by atoms with Crippen LogP contribution in [0.5, 0.6) is 0 Å². The first-order valence-corrected chi connectivity index (χ1v) is 6.32. The summed E-state index contributed by atoms with van der Waals surface area (Å²) < 4.78 is 11.8. The summed E-state index contributed by atoms with van der Waals surface area (Å²) in [6.45, 7) is 14.2. The van der Waals surface area contributed by atoms with Crippen molar-refractivity contribution in [1.82, 2.24) is 5.32 Å². The van der Waals surface area contributed by atoms with Crippen LogP contribution in [0.15, 0.2) is 11.7 Å². The summed E-state index contributed by atoms with van der Waals surface area (Å²) >= 11 is 0. The molecule has 0 aromatic heterocycles. The van der Waals surface area contributed by atoms with Gasteiger partial charge in [-0.05, 0) is 54.7 Å². The van der Waals surface area contributed by atoms with Crippen molar-refractivity contribution in [2.24, 2.45) is 0 Å². The molecule has 0 bridgehead atoms. The zero-order valence-corrected chi connectivity index (χ0v) is 12.5. The van der Waals surface area contributed by atoms with Gasteiger partial charge in [0, 0.05) is 17.2 Å². The molecule has 1 saturated heterocycles. The van der Waals surface area contributed by atoms with Crippen molar-refractivity contribution in [2.45, 2.75) is 65.2 Å². The van der Waals surface area contributed by atoms with Crippen LogP contribution in [0.4, 0.5) is 0 Å². The highest BCUT2D eigenvalue weighted by Crippen LogP contribution is 2.38. The van der Waals surface area contributed by atoms with E-state index in [1.165, 1.54) is 6.21 Å². The third-order valence-corrected chi connectivity index (χ3v) is 3.36. The van der Waals surface area contributed by atoms with Gasteiger partial charge in [-0.1, -0.05) is 0 Å². The van der Waals surface area contributed by atoms with Gasteiger partial charge in [-0.2, -0.15) is 0 Å². The van der Waals surface area contributed by atoms with Crippen LogP contribution < -0.4 is 5.32 Å². The average Bonchev–Trinajstić information content (AvgIpc) is 2.35. The maximum Gasteiger partial charge on any atom is 0.497 e. The van der Waals surface area contributed by atoms with Crippen LogP contribution in [0.2, 0.25) is 0 Å². The van der Waals surface area contributed by atoms with Crippen LogP contribution in [0.1, 0.15) is 48.5 Å². The summed E-state index contributed by atoms with van der Waals surface area (Å²) in [5, 5.41) is 10.7. The molecule has 5 heteroatoms. The molecule has 0 atom stereocenters. The summed E-state index contributed by atoms with van der Waals surface area (Å²) in [6.07, 6.45) is 3.08. The lowest BCUT2D eigenvalue weighted by Crippen LogP contribution is -2.41. The number of hydrogen-bond acceptors (Lipinski definition) is 4. The monoisotopic (exact) mass is 252 g/mol. The van der Waals surface area contributed by atoms with Crippen molar-refractivity contribution >= 4 is 13.3 Å². The number of hydrogen-bond donors (Lipinski definition) is 2. The van der Waals surface area contributed by atoms with E-state index in [0.29, 0.717) is 5.47 Å². The Bertz CT molecular complexity index is 340. The molecule has 0 aromatic carbocycles. The normalized spacial score (nSPS) is 23.1. The Kier molecular flexibility index (Phi) is 3.99. The number of nitrogens with one attached hydrogen (secondary N) is 2. The van der Waals surface area contributed by atoms with Gasteiger partial charge in [0.15, 0.2) is 0 Å². The van der Waals surface area contributed by atoms with Crippen molar-refractivity contribution < 1.29 is 9.31 Å². The fourth-order valence-electron chi connectivity index (χ4n) is 1.46. The molecule has 1 heterocycles. The first-order valence-electron chi connectivity index (χ1n) is 6.32. The molecule has 1 fully saturated rings. The van der Waals surface area contributed by atoms with E-state index in [9.17, 15) is 0 Å². The van der Waals surface area contributed by atoms with Crippen LogP contribution >= 0.6 is 0 Å². The lowest BCUT2D eigenvalue weighted by atomic mass is 9.79. The van der Waals surface area contributed by atoms with E-state index in [1.807, 2.05) is 27.7 Å². The van der Waals surface area contributed by atoms with Crippen molar-refractivity contribution in [3.05, 3.63) is 11.7 Å². The van der Waals surface area contributed by atoms with E-state index >= 15 is 0 Å². The highest BCUT2D eigenvalue weighted by Gasteiger charge is 2.52. The molecule has 0 aliphatic carbocycles. The number of allylic oxidation sites excluding steroid dienone is 1. The molecule has 0 unspecified atom stereocenters. The smallest absolute Gasteiger partial charge is 0.399 e. The third-order valence-electron chi connectivity index (χ3n) is 3.36. The Morgan fingerprint density at radius 3 is 1.89 bits per heavy atom. The quantitative estimate of drug-likeness (QED) is 0.599. The maximum atomic E-state index is 7.50. The Morgan fingerprint density at radius 2 is 1.56 bits per heavy atom. The molecular formula is C13H25BN2O2. The first kappa shape index (κ1) is 15.3. The average molecular weight is 252 g/mol. The van der Waals surface area contributed by atoms with E-state index in [2.05, 4.69) is 26.1 Å². The van der Waals surface area contributed by atoms with Gasteiger partial charge in [0.2, 0.25) is 0 Å². The van der Waals surface area contributed by atoms with Gasteiger partial charge in [0.1, 0.15) is 0 Å². The van der Waals surface area contributed by atoms with Crippen LogP contribution in [-0.4, -0.2) is 30.1 Å². The molecule has 18 heavy (non-hydrogen) atoms. The first-order chi connectivity index (χ1) is 7.98. The second-order valence-electron chi connectivity index (χ2n) is 6.77. The molecule has 0 saturated carbocycles. The zero-order chi connectivity index (χ0) is 14.2. The minimum absolute atomic E-state index is 0.0438. The van der Waals surface area contributed by atoms with E-state index in [-0.39, 0.29) is 16.7 Å². The van der Waals surface area contributed by atoms with Crippen LogP contribution in [0, 0.1) is 5.41 Å². The summed E-state index contributed by atoms with van der Waals surface area (Å²) in [5.74, 6) is 0. The molecular weight excluding hydrogens is 227 g/mol. The second kappa shape index (κ2) is 4.70. The molecule has 0 aromatic rings. The van der Waals surface area contributed by atoms with E-state index < -0.39 is 7.12 Å². The maximum absolute atomic E-state index is 7.50.